The number of amidine groups is 1. The van der Waals surface area contributed by atoms with E-state index in [1.165, 1.54) is 0 Å². The third-order valence-corrected chi connectivity index (χ3v) is 4.02. The fourth-order valence-electron chi connectivity index (χ4n) is 2.90. The Morgan fingerprint density at radius 2 is 1.74 bits per heavy atom. The molecule has 0 spiro atoms. The predicted molar refractivity (Wildman–Crippen MR) is 92.7 cm³/mol. The molecule has 0 aromatic heterocycles. The van der Waals surface area contributed by atoms with Gasteiger partial charge in [-0.25, -0.2) is 0 Å². The Balaban J connectivity index is 1.86. The number of anilines is 1. The molecule has 0 amide bonds. The molecule has 4 rings (SSSR count). The van der Waals surface area contributed by atoms with Crippen LogP contribution in [0.2, 0.25) is 0 Å². The van der Waals surface area contributed by atoms with E-state index in [4.69, 9.17) is 4.99 Å². The van der Waals surface area contributed by atoms with Gasteiger partial charge in [-0.2, -0.15) is 5.10 Å². The minimum absolute atomic E-state index is 0.0815. The third kappa shape index (κ3) is 2.45. The highest BCUT2D eigenvalue weighted by atomic mass is 16.3. The Kier molecular flexibility index (Phi) is 3.48. The molecule has 1 N–H and O–H groups in total. The van der Waals surface area contributed by atoms with Gasteiger partial charge in [0.25, 0.3) is 0 Å². The summed E-state index contributed by atoms with van der Waals surface area (Å²) in [5.74, 6) is 0.806. The monoisotopic (exact) mass is 304 g/mol. The molecule has 0 saturated carbocycles. The lowest BCUT2D eigenvalue weighted by Gasteiger charge is -2.27. The van der Waals surface area contributed by atoms with Crippen LogP contribution >= 0.6 is 0 Å². The van der Waals surface area contributed by atoms with Crippen molar-refractivity contribution in [3.63, 3.8) is 0 Å². The van der Waals surface area contributed by atoms with Gasteiger partial charge in [0.05, 0.1) is 36.8 Å². The fourth-order valence-corrected chi connectivity index (χ4v) is 2.90. The molecular formula is C18H16N4O. The summed E-state index contributed by atoms with van der Waals surface area (Å²) < 4.78 is 0. The lowest BCUT2D eigenvalue weighted by Crippen LogP contribution is -2.40. The number of hydrogen-bond acceptors (Lipinski definition) is 5. The molecule has 0 unspecified atom stereocenters. The first-order valence-corrected chi connectivity index (χ1v) is 7.57. The van der Waals surface area contributed by atoms with E-state index in [9.17, 15) is 5.11 Å². The number of nitrogens with zero attached hydrogens (tertiary/aromatic N) is 4. The first kappa shape index (κ1) is 13.8. The van der Waals surface area contributed by atoms with Crippen LogP contribution in [-0.2, 0) is 0 Å². The zero-order valence-electron chi connectivity index (χ0n) is 12.6. The third-order valence-electron chi connectivity index (χ3n) is 4.02. The lowest BCUT2D eigenvalue weighted by molar-refractivity contribution is 0.355. The van der Waals surface area contributed by atoms with Crippen molar-refractivity contribution < 1.29 is 5.11 Å². The van der Waals surface area contributed by atoms with Crippen LogP contribution in [0.3, 0.4) is 0 Å². The largest absolute Gasteiger partial charge is 0.390 e. The smallest absolute Gasteiger partial charge is 0.154 e. The molecule has 0 bridgehead atoms. The Labute approximate surface area is 134 Å². The Morgan fingerprint density at radius 1 is 0.957 bits per heavy atom. The molecule has 0 saturated heterocycles. The zero-order chi connectivity index (χ0) is 15.6. The van der Waals surface area contributed by atoms with Crippen LogP contribution in [0.25, 0.3) is 0 Å². The highest BCUT2D eigenvalue weighted by Gasteiger charge is 2.26. The number of hydrogen-bond donors (Lipinski definition) is 1. The summed E-state index contributed by atoms with van der Waals surface area (Å²) in [5.41, 5.74) is 4.83. The van der Waals surface area contributed by atoms with Gasteiger partial charge >= 0.3 is 0 Å². The molecule has 0 aliphatic carbocycles. The highest BCUT2D eigenvalue weighted by Crippen LogP contribution is 2.28. The van der Waals surface area contributed by atoms with Crippen LogP contribution in [0, 0.1) is 0 Å². The van der Waals surface area contributed by atoms with Crippen molar-refractivity contribution in [2.45, 2.75) is 0 Å². The molecule has 0 radical (unpaired) electrons. The number of para-hydroxylation sites is 1. The van der Waals surface area contributed by atoms with Gasteiger partial charge in [0, 0.05) is 11.1 Å². The normalized spacial score (nSPS) is 16.6. The van der Waals surface area contributed by atoms with Crippen molar-refractivity contribution in [2.75, 3.05) is 24.6 Å². The maximum atomic E-state index is 9.37. The molecule has 5 nitrogen and oxygen atoms in total. The second-order valence-electron chi connectivity index (χ2n) is 5.47. The van der Waals surface area contributed by atoms with E-state index in [-0.39, 0.29) is 6.61 Å². The first-order valence-electron chi connectivity index (χ1n) is 7.57. The highest BCUT2D eigenvalue weighted by molar-refractivity contribution is 6.21. The van der Waals surface area contributed by atoms with E-state index in [0.717, 1.165) is 28.4 Å². The summed E-state index contributed by atoms with van der Waals surface area (Å²) in [4.78, 5) is 6.87. The van der Waals surface area contributed by atoms with E-state index < -0.39 is 0 Å². The molecule has 23 heavy (non-hydrogen) atoms. The predicted octanol–water partition coefficient (Wildman–Crippen LogP) is 2.10. The Morgan fingerprint density at radius 3 is 2.57 bits per heavy atom. The van der Waals surface area contributed by atoms with E-state index in [2.05, 4.69) is 39.4 Å². The average molecular weight is 304 g/mol. The Hall–Kier alpha value is -2.79. The minimum atomic E-state index is -0.0815. The first-order chi connectivity index (χ1) is 11.4. The van der Waals surface area contributed by atoms with Crippen molar-refractivity contribution in [1.82, 2.24) is 0 Å². The molecular weight excluding hydrogens is 288 g/mol. The van der Waals surface area contributed by atoms with E-state index in [0.29, 0.717) is 18.8 Å². The summed E-state index contributed by atoms with van der Waals surface area (Å²) in [7, 11) is 0. The molecule has 0 atom stereocenters. The van der Waals surface area contributed by atoms with Gasteiger partial charge in [0.1, 0.15) is 0 Å². The van der Waals surface area contributed by atoms with Crippen molar-refractivity contribution in [1.29, 1.82) is 0 Å². The molecule has 2 heterocycles. The molecule has 0 fully saturated rings. The zero-order valence-corrected chi connectivity index (χ0v) is 12.6. The number of aliphatic hydroxyl groups is 1. The maximum absolute atomic E-state index is 9.37. The van der Waals surface area contributed by atoms with Crippen LogP contribution in [0.15, 0.2) is 69.8 Å². The summed E-state index contributed by atoms with van der Waals surface area (Å²) in [6.45, 7) is 0.937. The van der Waals surface area contributed by atoms with Crippen LogP contribution < -0.4 is 4.90 Å². The Bertz CT molecular complexity index is 824. The molecule has 2 aromatic rings. The minimum Gasteiger partial charge on any atom is -0.390 e. The molecule has 114 valence electrons. The standard InChI is InChI=1S/C18H16N4O/c23-12-14-11-22-16-9-5-4-8-15(16)18(13-6-2-1-3-7-13)19-10-17(22)21-20-14/h1-9,23H,10-12H2. The van der Waals surface area contributed by atoms with Gasteiger partial charge in [-0.1, -0.05) is 48.5 Å². The summed E-state index contributed by atoms with van der Waals surface area (Å²) in [6.07, 6.45) is 0. The number of benzene rings is 2. The van der Waals surface area contributed by atoms with Gasteiger partial charge in [-0.3, -0.25) is 4.99 Å². The maximum Gasteiger partial charge on any atom is 0.154 e. The van der Waals surface area contributed by atoms with Crippen molar-refractivity contribution >= 4 is 22.9 Å². The summed E-state index contributed by atoms with van der Waals surface area (Å²) in [5, 5.41) is 17.7. The van der Waals surface area contributed by atoms with Crippen molar-refractivity contribution in [2.24, 2.45) is 15.2 Å². The summed E-state index contributed by atoms with van der Waals surface area (Å²) >= 11 is 0. The van der Waals surface area contributed by atoms with E-state index in [1.807, 2.05) is 30.3 Å². The van der Waals surface area contributed by atoms with Gasteiger partial charge in [0.15, 0.2) is 5.84 Å². The summed E-state index contributed by atoms with van der Waals surface area (Å²) in [6, 6.07) is 18.3. The van der Waals surface area contributed by atoms with Crippen molar-refractivity contribution in [3.8, 4) is 0 Å². The lowest BCUT2D eigenvalue weighted by atomic mass is 10.00. The number of aliphatic imine (C=N–C) groups is 1. The van der Waals surface area contributed by atoms with E-state index in [1.54, 1.807) is 0 Å². The molecule has 2 aliphatic rings. The van der Waals surface area contributed by atoms with E-state index >= 15 is 0 Å². The number of fused-ring (bicyclic) bond motifs is 3. The fraction of sp³-hybridized carbons (Fsp3) is 0.167. The topological polar surface area (TPSA) is 60.6 Å². The number of rotatable bonds is 2. The van der Waals surface area contributed by atoms with Gasteiger partial charge in [-0.15, -0.1) is 5.10 Å². The van der Waals surface area contributed by atoms with Crippen molar-refractivity contribution in [3.05, 3.63) is 65.7 Å². The molecule has 2 aromatic carbocycles. The van der Waals surface area contributed by atoms with Gasteiger partial charge < -0.3 is 10.0 Å². The van der Waals surface area contributed by atoms with Crippen LogP contribution in [0.1, 0.15) is 11.1 Å². The molecule has 2 aliphatic heterocycles. The SMILES string of the molecule is OCC1=NN=C2CN=C(c3ccccc3)c3ccccc3N2C1. The number of aliphatic hydroxyl groups excluding tert-OH is 1. The van der Waals surface area contributed by atoms with Crippen LogP contribution in [0.5, 0.6) is 0 Å². The average Bonchev–Trinajstić information content (AvgIpc) is 2.79. The van der Waals surface area contributed by atoms with Gasteiger partial charge in [0.2, 0.25) is 0 Å². The van der Waals surface area contributed by atoms with Crippen LogP contribution in [-0.4, -0.2) is 42.1 Å². The quantitative estimate of drug-likeness (QED) is 0.923. The molecule has 5 heteroatoms. The second kappa shape index (κ2) is 5.78. The second-order valence-corrected chi connectivity index (χ2v) is 5.47. The van der Waals surface area contributed by atoms with Crippen LogP contribution in [0.4, 0.5) is 5.69 Å². The van der Waals surface area contributed by atoms with Gasteiger partial charge in [-0.05, 0) is 6.07 Å².